The Hall–Kier alpha value is -2.14. The van der Waals surface area contributed by atoms with Gasteiger partial charge < -0.3 is 10.6 Å². The monoisotopic (exact) mass is 355 g/mol. The molecular formula is C20H25N3OS. The molecular weight excluding hydrogens is 330 g/mol. The molecule has 0 radical (unpaired) electrons. The Balaban J connectivity index is 1.85. The molecule has 2 N–H and O–H groups in total. The molecule has 25 heavy (non-hydrogen) atoms. The minimum absolute atomic E-state index is 0.358. The molecule has 0 spiro atoms. The summed E-state index contributed by atoms with van der Waals surface area (Å²) in [5, 5.41) is 0.757. The molecule has 1 aliphatic rings. The molecule has 0 fully saturated rings. The molecule has 132 valence electrons. The van der Waals surface area contributed by atoms with Crippen LogP contribution in [0.15, 0.2) is 29.3 Å². The molecule has 2 aromatic rings. The van der Waals surface area contributed by atoms with E-state index in [0.29, 0.717) is 5.56 Å². The summed E-state index contributed by atoms with van der Waals surface area (Å²) in [5.41, 5.74) is 9.63. The molecule has 1 amide bonds. The molecule has 0 aliphatic heterocycles. The summed E-state index contributed by atoms with van der Waals surface area (Å²) in [6.07, 6.45) is 6.12. The third-order valence-corrected chi connectivity index (χ3v) is 5.95. The zero-order chi connectivity index (χ0) is 17.8. The van der Waals surface area contributed by atoms with Crippen LogP contribution in [0.3, 0.4) is 0 Å². The van der Waals surface area contributed by atoms with E-state index < -0.39 is 0 Å². The first kappa shape index (κ1) is 17.7. The Labute approximate surface area is 153 Å². The van der Waals surface area contributed by atoms with Gasteiger partial charge in [-0.3, -0.25) is 4.79 Å². The van der Waals surface area contributed by atoms with Gasteiger partial charge in [0.05, 0.1) is 5.56 Å². The summed E-state index contributed by atoms with van der Waals surface area (Å²) in [6.45, 7) is 6.30. The summed E-state index contributed by atoms with van der Waals surface area (Å²) in [6, 6.07) is 8.36. The second-order valence-electron chi connectivity index (χ2n) is 6.28. The van der Waals surface area contributed by atoms with Crippen molar-refractivity contribution in [2.45, 2.75) is 39.5 Å². The second-order valence-corrected chi connectivity index (χ2v) is 7.36. The number of fused-ring (bicyclic) bond motifs is 1. The normalized spacial score (nSPS) is 13.8. The van der Waals surface area contributed by atoms with E-state index in [4.69, 9.17) is 5.73 Å². The lowest BCUT2D eigenvalue weighted by molar-refractivity contribution is 0.100. The van der Waals surface area contributed by atoms with Crippen molar-refractivity contribution in [3.63, 3.8) is 0 Å². The minimum atomic E-state index is -0.358. The Morgan fingerprint density at radius 2 is 1.88 bits per heavy atom. The maximum Gasteiger partial charge on any atom is 0.252 e. The van der Waals surface area contributed by atoms with E-state index in [9.17, 15) is 4.79 Å². The lowest BCUT2D eigenvalue weighted by Crippen LogP contribution is -2.21. The van der Waals surface area contributed by atoms with Crippen LogP contribution in [0.4, 0.5) is 10.7 Å². The zero-order valence-corrected chi connectivity index (χ0v) is 15.7. The highest BCUT2D eigenvalue weighted by Crippen LogP contribution is 2.39. The third kappa shape index (κ3) is 3.76. The topological polar surface area (TPSA) is 58.7 Å². The van der Waals surface area contributed by atoms with Crippen LogP contribution >= 0.6 is 11.3 Å². The quantitative estimate of drug-likeness (QED) is 0.784. The highest BCUT2D eigenvalue weighted by molar-refractivity contribution is 7.16. The molecule has 4 nitrogen and oxygen atoms in total. The van der Waals surface area contributed by atoms with E-state index in [-0.39, 0.29) is 5.91 Å². The molecule has 0 bridgehead atoms. The minimum Gasteiger partial charge on any atom is -0.372 e. The average molecular weight is 356 g/mol. The molecule has 1 heterocycles. The Bertz CT molecular complexity index is 773. The molecule has 0 saturated carbocycles. The van der Waals surface area contributed by atoms with Crippen molar-refractivity contribution in [2.75, 3.05) is 18.0 Å². The van der Waals surface area contributed by atoms with E-state index >= 15 is 0 Å². The average Bonchev–Trinajstić information content (AvgIpc) is 3.00. The van der Waals surface area contributed by atoms with Crippen molar-refractivity contribution in [1.82, 2.24) is 0 Å². The highest BCUT2D eigenvalue weighted by atomic mass is 32.1. The van der Waals surface area contributed by atoms with Crippen molar-refractivity contribution < 1.29 is 4.79 Å². The van der Waals surface area contributed by atoms with Crippen LogP contribution in [0.2, 0.25) is 0 Å². The number of rotatable bonds is 6. The van der Waals surface area contributed by atoms with E-state index in [0.717, 1.165) is 48.5 Å². The van der Waals surface area contributed by atoms with E-state index in [1.165, 1.54) is 17.0 Å². The van der Waals surface area contributed by atoms with Gasteiger partial charge in [-0.25, -0.2) is 4.99 Å². The van der Waals surface area contributed by atoms with Crippen LogP contribution in [0.25, 0.3) is 0 Å². The molecule has 1 aromatic carbocycles. The van der Waals surface area contributed by atoms with Gasteiger partial charge in [0.2, 0.25) is 0 Å². The standard InChI is InChI=1S/C20H25N3OS/c1-3-23(4-2)15-11-9-14(10-12-15)13-22-20-18(19(21)24)16-7-5-6-8-17(16)25-20/h9-13H,3-8H2,1-2H3,(H2,21,24). The summed E-state index contributed by atoms with van der Waals surface area (Å²) in [7, 11) is 0. The first-order chi connectivity index (χ1) is 12.1. The number of carbonyl (C=O) groups is 1. The van der Waals surface area contributed by atoms with Crippen molar-refractivity contribution >= 4 is 34.1 Å². The summed E-state index contributed by atoms with van der Waals surface area (Å²) in [4.78, 5) is 20.1. The number of thiophene rings is 1. The van der Waals surface area contributed by atoms with Crippen LogP contribution in [0.5, 0.6) is 0 Å². The van der Waals surface area contributed by atoms with Crippen LogP contribution in [-0.2, 0) is 12.8 Å². The number of hydrogen-bond acceptors (Lipinski definition) is 4. The Morgan fingerprint density at radius 1 is 1.20 bits per heavy atom. The summed E-state index contributed by atoms with van der Waals surface area (Å²) < 4.78 is 0. The molecule has 0 saturated heterocycles. The molecule has 0 unspecified atom stereocenters. The van der Waals surface area contributed by atoms with Gasteiger partial charge in [-0.05, 0) is 62.8 Å². The fraction of sp³-hybridized carbons (Fsp3) is 0.400. The first-order valence-corrected chi connectivity index (χ1v) is 9.79. The number of nitrogens with zero attached hydrogens (tertiary/aromatic N) is 2. The predicted octanol–water partition coefficient (Wildman–Crippen LogP) is 4.32. The fourth-order valence-corrected chi connectivity index (χ4v) is 4.63. The van der Waals surface area contributed by atoms with Gasteiger partial charge in [0.1, 0.15) is 5.00 Å². The van der Waals surface area contributed by atoms with Crippen LogP contribution in [0.1, 0.15) is 53.1 Å². The van der Waals surface area contributed by atoms with E-state index in [2.05, 4.69) is 48.0 Å². The lowest BCUT2D eigenvalue weighted by atomic mass is 9.95. The molecule has 1 aromatic heterocycles. The Kier molecular flexibility index (Phi) is 5.53. The van der Waals surface area contributed by atoms with E-state index in [1.54, 1.807) is 11.3 Å². The summed E-state index contributed by atoms with van der Waals surface area (Å²) in [5.74, 6) is -0.358. The molecule has 3 rings (SSSR count). The second kappa shape index (κ2) is 7.83. The molecule has 5 heteroatoms. The van der Waals surface area contributed by atoms with Crippen LogP contribution in [-0.4, -0.2) is 25.2 Å². The lowest BCUT2D eigenvalue weighted by Gasteiger charge is -2.20. The number of amides is 1. The van der Waals surface area contributed by atoms with Gasteiger partial charge in [-0.1, -0.05) is 12.1 Å². The fourth-order valence-electron chi connectivity index (χ4n) is 3.39. The van der Waals surface area contributed by atoms with Crippen molar-refractivity contribution in [2.24, 2.45) is 10.7 Å². The molecule has 0 atom stereocenters. The largest absolute Gasteiger partial charge is 0.372 e. The van der Waals surface area contributed by atoms with Gasteiger partial charge in [0, 0.05) is 29.9 Å². The number of anilines is 1. The number of carbonyl (C=O) groups excluding carboxylic acids is 1. The van der Waals surface area contributed by atoms with Crippen molar-refractivity contribution in [1.29, 1.82) is 0 Å². The highest BCUT2D eigenvalue weighted by Gasteiger charge is 2.23. The first-order valence-electron chi connectivity index (χ1n) is 8.97. The number of primary amides is 1. The van der Waals surface area contributed by atoms with Gasteiger partial charge >= 0.3 is 0 Å². The smallest absolute Gasteiger partial charge is 0.252 e. The van der Waals surface area contributed by atoms with E-state index in [1.807, 2.05) is 6.21 Å². The third-order valence-electron chi connectivity index (χ3n) is 4.75. The number of benzene rings is 1. The van der Waals surface area contributed by atoms with Crippen molar-refractivity contribution in [3.8, 4) is 0 Å². The Morgan fingerprint density at radius 3 is 2.52 bits per heavy atom. The van der Waals surface area contributed by atoms with Crippen molar-refractivity contribution in [3.05, 3.63) is 45.8 Å². The zero-order valence-electron chi connectivity index (χ0n) is 14.9. The number of aryl methyl sites for hydroxylation is 1. The van der Waals surface area contributed by atoms with Crippen LogP contribution < -0.4 is 10.6 Å². The van der Waals surface area contributed by atoms with Crippen LogP contribution in [0, 0.1) is 0 Å². The van der Waals surface area contributed by atoms with Gasteiger partial charge in [0.25, 0.3) is 5.91 Å². The van der Waals surface area contributed by atoms with Gasteiger partial charge in [-0.15, -0.1) is 11.3 Å². The predicted molar refractivity (Wildman–Crippen MR) is 107 cm³/mol. The van der Waals surface area contributed by atoms with Gasteiger partial charge in [-0.2, -0.15) is 0 Å². The molecule has 1 aliphatic carbocycles. The number of hydrogen-bond donors (Lipinski definition) is 1. The SMILES string of the molecule is CCN(CC)c1ccc(C=Nc2sc3c(c2C(N)=O)CCCC3)cc1. The number of nitrogens with two attached hydrogens (primary N) is 1. The summed E-state index contributed by atoms with van der Waals surface area (Å²) >= 11 is 1.62. The number of aliphatic imine (C=N–C) groups is 1. The maximum atomic E-state index is 11.9. The van der Waals surface area contributed by atoms with Gasteiger partial charge in [0.15, 0.2) is 0 Å². The maximum absolute atomic E-state index is 11.9.